The van der Waals surface area contributed by atoms with Crippen LogP contribution in [0, 0.1) is 5.41 Å². The fraction of sp³-hybridized carbons (Fsp3) is 0.889. The fourth-order valence-corrected chi connectivity index (χ4v) is 1.01. The predicted octanol–water partition coefficient (Wildman–Crippen LogP) is 0.572. The molecule has 3 heteroatoms. The molecule has 3 nitrogen and oxygen atoms in total. The van der Waals surface area contributed by atoms with Crippen LogP contribution in [0.4, 0.5) is 0 Å². The van der Waals surface area contributed by atoms with E-state index in [4.69, 9.17) is 5.11 Å². The summed E-state index contributed by atoms with van der Waals surface area (Å²) < 4.78 is 0. The Labute approximate surface area is 74.2 Å². The quantitative estimate of drug-likeness (QED) is 0.653. The van der Waals surface area contributed by atoms with Gasteiger partial charge in [-0.15, -0.1) is 0 Å². The van der Waals surface area contributed by atoms with Crippen molar-refractivity contribution < 1.29 is 9.90 Å². The molecule has 0 aromatic heterocycles. The van der Waals surface area contributed by atoms with Crippen molar-refractivity contribution in [2.75, 3.05) is 13.2 Å². The van der Waals surface area contributed by atoms with Gasteiger partial charge in [0.2, 0.25) is 0 Å². The highest BCUT2D eigenvalue weighted by Gasteiger charge is 2.28. The zero-order valence-corrected chi connectivity index (χ0v) is 8.35. The van der Waals surface area contributed by atoms with E-state index < -0.39 is 6.04 Å². The monoisotopic (exact) mass is 173 g/mol. The maximum Gasteiger partial charge on any atom is 0.157 e. The summed E-state index contributed by atoms with van der Waals surface area (Å²) in [7, 11) is 0. The molecule has 12 heavy (non-hydrogen) atoms. The van der Waals surface area contributed by atoms with Crippen molar-refractivity contribution in [3.05, 3.63) is 0 Å². The molecule has 0 amide bonds. The third-order valence-corrected chi connectivity index (χ3v) is 1.69. The molecule has 0 heterocycles. The van der Waals surface area contributed by atoms with Gasteiger partial charge in [0, 0.05) is 5.41 Å². The first-order valence-electron chi connectivity index (χ1n) is 4.32. The zero-order valence-electron chi connectivity index (χ0n) is 8.35. The Hall–Kier alpha value is -0.410. The molecular weight excluding hydrogens is 154 g/mol. The first kappa shape index (κ1) is 11.6. The molecule has 1 atom stereocenters. The van der Waals surface area contributed by atoms with Gasteiger partial charge in [0.15, 0.2) is 5.78 Å². The largest absolute Gasteiger partial charge is 0.394 e. The van der Waals surface area contributed by atoms with Crippen LogP contribution in [-0.2, 0) is 4.79 Å². The van der Waals surface area contributed by atoms with Crippen LogP contribution >= 0.6 is 0 Å². The van der Waals surface area contributed by atoms with Gasteiger partial charge in [0.25, 0.3) is 0 Å². The summed E-state index contributed by atoms with van der Waals surface area (Å²) in [5.74, 6) is 0.0619. The number of nitrogens with one attached hydrogen (secondary N) is 1. The van der Waals surface area contributed by atoms with Gasteiger partial charge < -0.3 is 10.4 Å². The van der Waals surface area contributed by atoms with E-state index in [0.717, 1.165) is 0 Å². The van der Waals surface area contributed by atoms with Crippen molar-refractivity contribution >= 4 is 5.78 Å². The summed E-state index contributed by atoms with van der Waals surface area (Å²) in [5, 5.41) is 11.8. The van der Waals surface area contributed by atoms with E-state index in [1.165, 1.54) is 0 Å². The molecule has 0 spiro atoms. The molecule has 0 saturated carbocycles. The highest BCUT2D eigenvalue weighted by atomic mass is 16.3. The average Bonchev–Trinajstić information content (AvgIpc) is 1.97. The minimum absolute atomic E-state index is 0.0619. The minimum Gasteiger partial charge on any atom is -0.394 e. The van der Waals surface area contributed by atoms with Gasteiger partial charge in [-0.05, 0) is 6.54 Å². The molecule has 0 aliphatic carbocycles. The second-order valence-electron chi connectivity index (χ2n) is 3.91. The molecule has 0 saturated heterocycles. The van der Waals surface area contributed by atoms with Crippen LogP contribution in [0.15, 0.2) is 0 Å². The summed E-state index contributed by atoms with van der Waals surface area (Å²) in [6.45, 7) is 8.07. The van der Waals surface area contributed by atoms with Crippen LogP contribution in [0.1, 0.15) is 27.7 Å². The van der Waals surface area contributed by atoms with Gasteiger partial charge in [0.05, 0.1) is 12.6 Å². The lowest BCUT2D eigenvalue weighted by Crippen LogP contribution is -2.45. The third kappa shape index (κ3) is 3.32. The van der Waals surface area contributed by atoms with Gasteiger partial charge in [-0.1, -0.05) is 27.7 Å². The molecule has 0 aliphatic rings. The molecule has 0 bridgehead atoms. The second-order valence-corrected chi connectivity index (χ2v) is 3.91. The SMILES string of the molecule is CCN[C@H](CO)C(=O)C(C)(C)C. The Morgan fingerprint density at radius 1 is 1.50 bits per heavy atom. The summed E-state index contributed by atoms with van der Waals surface area (Å²) in [6.07, 6.45) is 0. The van der Waals surface area contributed by atoms with Gasteiger partial charge in [-0.3, -0.25) is 4.79 Å². The highest BCUT2D eigenvalue weighted by molar-refractivity contribution is 5.88. The highest BCUT2D eigenvalue weighted by Crippen LogP contribution is 2.16. The molecular formula is C9H19NO2. The lowest BCUT2D eigenvalue weighted by molar-refractivity contribution is -0.129. The zero-order chi connectivity index (χ0) is 9.78. The molecule has 0 aromatic carbocycles. The molecule has 0 aliphatic heterocycles. The summed E-state index contributed by atoms with van der Waals surface area (Å²) in [6, 6.07) is -0.407. The Bertz CT molecular complexity index is 149. The number of hydrogen-bond acceptors (Lipinski definition) is 3. The van der Waals surface area contributed by atoms with Crippen LogP contribution in [0.5, 0.6) is 0 Å². The van der Waals surface area contributed by atoms with Crippen molar-refractivity contribution in [3.8, 4) is 0 Å². The van der Waals surface area contributed by atoms with Crippen molar-refractivity contribution in [3.63, 3.8) is 0 Å². The maximum atomic E-state index is 11.6. The van der Waals surface area contributed by atoms with Gasteiger partial charge in [-0.25, -0.2) is 0 Å². The molecule has 0 radical (unpaired) electrons. The Morgan fingerprint density at radius 3 is 2.25 bits per heavy atom. The van der Waals surface area contributed by atoms with Gasteiger partial charge in [-0.2, -0.15) is 0 Å². The lowest BCUT2D eigenvalue weighted by atomic mass is 9.86. The van der Waals surface area contributed by atoms with Gasteiger partial charge in [0.1, 0.15) is 0 Å². The predicted molar refractivity (Wildman–Crippen MR) is 49.0 cm³/mol. The van der Waals surface area contributed by atoms with E-state index >= 15 is 0 Å². The Kier molecular flexibility index (Phi) is 4.42. The van der Waals surface area contributed by atoms with Crippen LogP contribution in [0.2, 0.25) is 0 Å². The number of aliphatic hydroxyl groups excluding tert-OH is 1. The van der Waals surface area contributed by atoms with E-state index in [9.17, 15) is 4.79 Å². The first-order valence-corrected chi connectivity index (χ1v) is 4.32. The lowest BCUT2D eigenvalue weighted by Gasteiger charge is -2.23. The molecule has 0 rings (SSSR count). The van der Waals surface area contributed by atoms with Crippen molar-refractivity contribution in [1.29, 1.82) is 0 Å². The molecule has 72 valence electrons. The molecule has 0 fully saturated rings. The number of likely N-dealkylation sites (N-methyl/N-ethyl adjacent to an activating group) is 1. The summed E-state index contributed by atoms with van der Waals surface area (Å²) >= 11 is 0. The van der Waals surface area contributed by atoms with Gasteiger partial charge >= 0.3 is 0 Å². The first-order chi connectivity index (χ1) is 5.43. The Balaban J connectivity index is 4.22. The van der Waals surface area contributed by atoms with Crippen molar-refractivity contribution in [1.82, 2.24) is 5.32 Å². The normalized spacial score (nSPS) is 14.4. The second kappa shape index (κ2) is 4.58. The van der Waals surface area contributed by atoms with Crippen LogP contribution < -0.4 is 5.32 Å². The number of Topliss-reactive ketones (excluding diaryl/α,β-unsaturated/α-hetero) is 1. The van der Waals surface area contributed by atoms with Crippen molar-refractivity contribution in [2.45, 2.75) is 33.7 Å². The maximum absolute atomic E-state index is 11.6. The topological polar surface area (TPSA) is 49.3 Å². The average molecular weight is 173 g/mol. The van der Waals surface area contributed by atoms with E-state index in [-0.39, 0.29) is 17.8 Å². The van der Waals surface area contributed by atoms with E-state index in [0.29, 0.717) is 6.54 Å². The third-order valence-electron chi connectivity index (χ3n) is 1.69. The molecule has 0 aromatic rings. The minimum atomic E-state index is -0.407. The number of ketones is 1. The summed E-state index contributed by atoms with van der Waals surface area (Å²) in [4.78, 5) is 11.6. The van der Waals surface area contributed by atoms with Crippen LogP contribution in [-0.4, -0.2) is 30.1 Å². The standard InChI is InChI=1S/C9H19NO2/c1-5-10-7(6-11)8(12)9(2,3)4/h7,10-11H,5-6H2,1-4H3/t7-/m1/s1. The number of carbonyl (C=O) groups is 1. The Morgan fingerprint density at radius 2 is 2.00 bits per heavy atom. The van der Waals surface area contributed by atoms with E-state index in [1.807, 2.05) is 27.7 Å². The van der Waals surface area contributed by atoms with Crippen LogP contribution in [0.25, 0.3) is 0 Å². The van der Waals surface area contributed by atoms with Crippen molar-refractivity contribution in [2.24, 2.45) is 5.41 Å². The molecule has 0 unspecified atom stereocenters. The number of rotatable bonds is 4. The van der Waals surface area contributed by atoms with Crippen LogP contribution in [0.3, 0.4) is 0 Å². The smallest absolute Gasteiger partial charge is 0.157 e. The number of hydrogen-bond donors (Lipinski definition) is 2. The van der Waals surface area contributed by atoms with E-state index in [1.54, 1.807) is 0 Å². The molecule has 2 N–H and O–H groups in total. The fourth-order valence-electron chi connectivity index (χ4n) is 1.01. The number of carbonyl (C=O) groups excluding carboxylic acids is 1. The summed E-state index contributed by atoms with van der Waals surface area (Å²) in [5.41, 5.74) is -0.379. The number of aliphatic hydroxyl groups is 1. The van der Waals surface area contributed by atoms with E-state index in [2.05, 4.69) is 5.32 Å².